The van der Waals surface area contributed by atoms with Crippen LogP contribution in [0.3, 0.4) is 0 Å². The van der Waals surface area contributed by atoms with Crippen LogP contribution in [-0.2, 0) is 11.1 Å². The number of anilines is 1. The summed E-state index contributed by atoms with van der Waals surface area (Å²) >= 11 is 6.01. The predicted molar refractivity (Wildman–Crippen MR) is 91.3 cm³/mol. The van der Waals surface area contributed by atoms with E-state index in [1.54, 1.807) is 4.57 Å². The van der Waals surface area contributed by atoms with Crippen LogP contribution in [0, 0.1) is 0 Å². The molecule has 1 atom stereocenters. The van der Waals surface area contributed by atoms with Gasteiger partial charge in [0.2, 0.25) is 0 Å². The minimum absolute atomic E-state index is 0.0345. The number of carbonyl (C=O) groups excluding carboxylic acids is 1. The molecule has 0 radical (unpaired) electrons. The molecule has 15 heteroatoms. The first kappa shape index (κ1) is 20.1. The molecule has 1 aromatic heterocycles. The third-order valence-electron chi connectivity index (χ3n) is 3.30. The van der Waals surface area contributed by atoms with Crippen LogP contribution < -0.4 is 11.1 Å². The predicted octanol–water partition coefficient (Wildman–Crippen LogP) is -0.243. The van der Waals surface area contributed by atoms with E-state index in [0.29, 0.717) is 11.5 Å². The van der Waals surface area contributed by atoms with Crippen LogP contribution >= 0.6 is 27.6 Å². The van der Waals surface area contributed by atoms with Crippen LogP contribution in [0.15, 0.2) is 11.3 Å². The molecule has 0 aliphatic carbocycles. The molecule has 1 aromatic rings. The summed E-state index contributed by atoms with van der Waals surface area (Å²) in [7, 11) is -7.25. The van der Waals surface area contributed by atoms with Crippen molar-refractivity contribution < 1.29 is 28.9 Å². The van der Waals surface area contributed by atoms with Gasteiger partial charge in [0, 0.05) is 19.6 Å². The molecule has 1 aliphatic heterocycles. The molecule has 0 saturated heterocycles. The van der Waals surface area contributed by atoms with Crippen molar-refractivity contribution in [3.8, 4) is 0 Å². The number of alkyl halides is 1. The fourth-order valence-electron chi connectivity index (χ4n) is 2.12. The zero-order chi connectivity index (χ0) is 18.8. The molecule has 0 fully saturated rings. The number of imidazole rings is 1. The number of fused-ring (bicyclic) bond motifs is 1. The van der Waals surface area contributed by atoms with Gasteiger partial charge in [-0.25, -0.2) is 9.98 Å². The van der Waals surface area contributed by atoms with Gasteiger partial charge in [0.15, 0.2) is 11.5 Å². The first-order valence-corrected chi connectivity index (χ1v) is 10.4. The van der Waals surface area contributed by atoms with Gasteiger partial charge in [-0.05, 0) is 0 Å². The van der Waals surface area contributed by atoms with E-state index in [4.69, 9.17) is 36.9 Å². The number of aliphatic imine (C=N–C) groups is 1. The Hall–Kier alpha value is -1.26. The van der Waals surface area contributed by atoms with Crippen LogP contribution in [0.2, 0.25) is 0 Å². The average molecular weight is 415 g/mol. The molecule has 0 saturated carbocycles. The number of hydrogen-bond donors (Lipinski definition) is 6. The molecular formula is C10H17ClN6O6P2. The number of carbonyl (C=O) groups is 1. The Morgan fingerprint density at radius 2 is 2.16 bits per heavy atom. The second-order valence-electron chi connectivity index (χ2n) is 5.09. The van der Waals surface area contributed by atoms with E-state index in [1.165, 1.54) is 6.33 Å². The van der Waals surface area contributed by atoms with Gasteiger partial charge in [0.1, 0.15) is 11.5 Å². The fraction of sp³-hybridized carbons (Fsp3) is 0.500. The zero-order valence-corrected chi connectivity index (χ0v) is 15.3. The molecule has 0 aromatic carbocycles. The van der Waals surface area contributed by atoms with Gasteiger partial charge >= 0.3 is 13.2 Å². The highest BCUT2D eigenvalue weighted by Crippen LogP contribution is 2.35. The van der Waals surface area contributed by atoms with Crippen molar-refractivity contribution in [1.82, 2.24) is 14.5 Å². The first-order chi connectivity index (χ1) is 11.6. The van der Waals surface area contributed by atoms with Crippen molar-refractivity contribution >= 4 is 45.0 Å². The quantitative estimate of drug-likeness (QED) is 0.199. The van der Waals surface area contributed by atoms with E-state index < -0.39 is 33.3 Å². The van der Waals surface area contributed by atoms with Gasteiger partial charge in [-0.15, -0.1) is 0 Å². The number of hydrogen-bond acceptors (Lipinski definition) is 8. The second kappa shape index (κ2) is 7.96. The van der Waals surface area contributed by atoms with E-state index in [0.717, 1.165) is 4.90 Å². The maximum Gasteiger partial charge on any atom is 0.327 e. The summed E-state index contributed by atoms with van der Waals surface area (Å²) in [4.78, 5) is 56.8. The van der Waals surface area contributed by atoms with E-state index in [1.807, 2.05) is 0 Å². The molecule has 1 aliphatic rings. The Balaban J connectivity index is 2.08. The van der Waals surface area contributed by atoms with Crippen molar-refractivity contribution in [2.24, 2.45) is 10.7 Å². The minimum atomic E-state index is -4.34. The lowest BCUT2D eigenvalue weighted by atomic mass is 10.4. The number of rotatable bonds is 7. The molecule has 12 nitrogen and oxygen atoms in total. The standard InChI is InChI=1S/C10H17ClN6O6P2/c11-7-6-8(15-9(12)14-7)17(5-13-6)2-1-16(10(18)24(19)20)3-4-25(21,22)23/h5,7,19-20H,1-4H2,(H3,12,14,15)(H2,21,22,23). The first-order valence-electron chi connectivity index (χ1n) is 6.89. The van der Waals surface area contributed by atoms with E-state index >= 15 is 0 Å². The number of aromatic nitrogens is 2. The highest BCUT2D eigenvalue weighted by molar-refractivity contribution is 7.64. The topological polar surface area (TPSA) is 187 Å². The maximum absolute atomic E-state index is 11.8. The fourth-order valence-corrected chi connectivity index (χ4v) is 3.34. The summed E-state index contributed by atoms with van der Waals surface area (Å²) in [5.41, 5.74) is 4.29. The van der Waals surface area contributed by atoms with Gasteiger partial charge in [-0.2, -0.15) is 0 Å². The van der Waals surface area contributed by atoms with Crippen molar-refractivity contribution in [3.63, 3.8) is 0 Å². The van der Waals surface area contributed by atoms with Crippen molar-refractivity contribution in [2.75, 3.05) is 24.6 Å². The largest absolute Gasteiger partial charge is 0.370 e. The van der Waals surface area contributed by atoms with E-state index in [2.05, 4.69) is 15.3 Å². The molecule has 1 unspecified atom stereocenters. The van der Waals surface area contributed by atoms with Crippen molar-refractivity contribution in [3.05, 3.63) is 12.0 Å². The van der Waals surface area contributed by atoms with Gasteiger partial charge in [0.25, 0.3) is 8.38 Å². The Kier molecular flexibility index (Phi) is 6.39. The molecule has 25 heavy (non-hydrogen) atoms. The number of amides is 1. The molecule has 0 spiro atoms. The van der Waals surface area contributed by atoms with Crippen molar-refractivity contribution in [1.29, 1.82) is 0 Å². The maximum atomic E-state index is 11.8. The molecular weight excluding hydrogens is 398 g/mol. The van der Waals surface area contributed by atoms with E-state index in [9.17, 15) is 9.36 Å². The van der Waals surface area contributed by atoms with Gasteiger partial charge < -0.3 is 40.1 Å². The summed E-state index contributed by atoms with van der Waals surface area (Å²) < 4.78 is 12.6. The van der Waals surface area contributed by atoms with Crippen LogP contribution in [-0.4, -0.2) is 64.9 Å². The molecule has 140 valence electrons. The lowest BCUT2D eigenvalue weighted by molar-refractivity contribution is 0.216. The number of nitrogens with one attached hydrogen (secondary N) is 1. The minimum Gasteiger partial charge on any atom is -0.370 e. The number of nitrogens with zero attached hydrogens (tertiary/aromatic N) is 4. The Labute approximate surface area is 148 Å². The second-order valence-corrected chi connectivity index (χ2v) is 8.25. The molecule has 2 heterocycles. The Bertz CT molecular complexity index is 721. The van der Waals surface area contributed by atoms with E-state index in [-0.39, 0.29) is 25.6 Å². The number of halogens is 1. The number of guanidine groups is 1. The third-order valence-corrected chi connectivity index (χ3v) is 5.02. The highest BCUT2D eigenvalue weighted by atomic mass is 35.5. The summed E-state index contributed by atoms with van der Waals surface area (Å²) in [6, 6.07) is 0. The van der Waals surface area contributed by atoms with Gasteiger partial charge in [0.05, 0.1) is 12.5 Å². The lowest BCUT2D eigenvalue weighted by Crippen LogP contribution is -2.35. The average Bonchev–Trinajstić information content (AvgIpc) is 2.89. The monoisotopic (exact) mass is 414 g/mol. The Morgan fingerprint density at radius 1 is 1.48 bits per heavy atom. The van der Waals surface area contributed by atoms with Crippen LogP contribution in [0.25, 0.3) is 0 Å². The molecule has 7 N–H and O–H groups in total. The van der Waals surface area contributed by atoms with Crippen LogP contribution in [0.5, 0.6) is 0 Å². The normalized spacial score (nSPS) is 17.0. The molecule has 0 bridgehead atoms. The summed E-state index contributed by atoms with van der Waals surface area (Å²) in [5, 5.41) is 2.79. The third kappa shape index (κ3) is 5.35. The van der Waals surface area contributed by atoms with Crippen molar-refractivity contribution in [2.45, 2.75) is 12.0 Å². The Morgan fingerprint density at radius 3 is 2.76 bits per heavy atom. The zero-order valence-electron chi connectivity index (χ0n) is 12.7. The number of nitrogens with two attached hydrogens (primary N) is 1. The summed E-state index contributed by atoms with van der Waals surface area (Å²) in [6.45, 7) is -0.204. The molecule has 1 amide bonds. The molecule has 2 rings (SSSR count). The summed E-state index contributed by atoms with van der Waals surface area (Å²) in [5.74, 6) is 0.572. The smallest absolute Gasteiger partial charge is 0.327 e. The summed E-state index contributed by atoms with van der Waals surface area (Å²) in [6.07, 6.45) is 0.846. The van der Waals surface area contributed by atoms with Crippen LogP contribution in [0.1, 0.15) is 11.2 Å². The highest BCUT2D eigenvalue weighted by Gasteiger charge is 2.26. The van der Waals surface area contributed by atoms with Gasteiger partial charge in [-0.3, -0.25) is 9.36 Å². The van der Waals surface area contributed by atoms with Crippen LogP contribution in [0.4, 0.5) is 10.6 Å². The van der Waals surface area contributed by atoms with Gasteiger partial charge in [-0.1, -0.05) is 11.6 Å². The lowest BCUT2D eigenvalue weighted by Gasteiger charge is -2.24. The SMILES string of the molecule is NC1=NC(Cl)c2ncn(CCN(CCP(=O)(O)O)C(=O)P(O)O)c2N1.